The Morgan fingerprint density at radius 2 is 1.90 bits per heavy atom. The summed E-state index contributed by atoms with van der Waals surface area (Å²) in [5.41, 5.74) is 1.29. The molecule has 0 saturated carbocycles. The molecule has 0 bridgehead atoms. The van der Waals surface area contributed by atoms with Crippen molar-refractivity contribution in [1.29, 1.82) is 0 Å². The van der Waals surface area contributed by atoms with Crippen LogP contribution in [0.4, 0.5) is 10.1 Å². The number of halogens is 1. The number of anilines is 1. The first kappa shape index (κ1) is 15.5. The molecular weight excluding hydrogens is 289 g/mol. The van der Waals surface area contributed by atoms with Gasteiger partial charge in [0.1, 0.15) is 5.82 Å². The summed E-state index contributed by atoms with van der Waals surface area (Å²) in [4.78, 5) is 12.8. The molecule has 0 spiro atoms. The maximum atomic E-state index is 12.8. The summed E-state index contributed by atoms with van der Waals surface area (Å²) in [6.45, 7) is 1.65. The van der Waals surface area contributed by atoms with Gasteiger partial charge < -0.3 is 10.4 Å². The molecule has 2 N–H and O–H groups in total. The zero-order valence-corrected chi connectivity index (χ0v) is 12.4. The van der Waals surface area contributed by atoms with E-state index in [1.807, 2.05) is 6.07 Å². The summed E-state index contributed by atoms with van der Waals surface area (Å²) in [5.74, 6) is -0.244. The second kappa shape index (κ2) is 7.24. The number of amides is 1. The van der Waals surface area contributed by atoms with Gasteiger partial charge >= 0.3 is 0 Å². The van der Waals surface area contributed by atoms with E-state index < -0.39 is 6.10 Å². The van der Waals surface area contributed by atoms with Crippen LogP contribution in [-0.4, -0.2) is 16.8 Å². The Hall–Kier alpha value is -1.85. The highest BCUT2D eigenvalue weighted by Crippen LogP contribution is 2.23. The Morgan fingerprint density at radius 3 is 2.57 bits per heavy atom. The van der Waals surface area contributed by atoms with E-state index in [1.165, 1.54) is 23.9 Å². The molecule has 2 aromatic rings. The number of nitrogens with one attached hydrogen (secondary N) is 1. The predicted octanol–water partition coefficient (Wildman–Crippen LogP) is 3.61. The van der Waals surface area contributed by atoms with E-state index in [0.717, 1.165) is 4.90 Å². The standard InChI is InChI=1S/C16H16FNO2S/c1-11(19)14-4-2-3-5-15(14)18-16(20)10-21-13-8-6-12(17)7-9-13/h2-9,11,19H,10H2,1H3,(H,18,20). The maximum absolute atomic E-state index is 12.8. The van der Waals surface area contributed by atoms with Crippen LogP contribution in [0.5, 0.6) is 0 Å². The minimum absolute atomic E-state index is 0.169. The third kappa shape index (κ3) is 4.58. The molecule has 1 amide bonds. The van der Waals surface area contributed by atoms with Crippen LogP contribution < -0.4 is 5.32 Å². The average Bonchev–Trinajstić information content (AvgIpc) is 2.47. The topological polar surface area (TPSA) is 49.3 Å². The molecule has 0 aliphatic heterocycles. The fourth-order valence-electron chi connectivity index (χ4n) is 1.84. The number of rotatable bonds is 5. The summed E-state index contributed by atoms with van der Waals surface area (Å²) >= 11 is 1.33. The third-order valence-electron chi connectivity index (χ3n) is 2.87. The second-order valence-electron chi connectivity index (χ2n) is 4.55. The third-order valence-corrected chi connectivity index (χ3v) is 3.88. The highest BCUT2D eigenvalue weighted by Gasteiger charge is 2.10. The maximum Gasteiger partial charge on any atom is 0.234 e. The van der Waals surface area contributed by atoms with Crippen LogP contribution in [0.1, 0.15) is 18.6 Å². The Morgan fingerprint density at radius 1 is 1.24 bits per heavy atom. The van der Waals surface area contributed by atoms with E-state index in [9.17, 15) is 14.3 Å². The van der Waals surface area contributed by atoms with Crippen LogP contribution in [-0.2, 0) is 4.79 Å². The zero-order valence-electron chi connectivity index (χ0n) is 11.5. The molecular formula is C16H16FNO2S. The lowest BCUT2D eigenvalue weighted by Gasteiger charge is -2.12. The van der Waals surface area contributed by atoms with E-state index in [0.29, 0.717) is 11.3 Å². The summed E-state index contributed by atoms with van der Waals surface area (Å²) < 4.78 is 12.8. The number of para-hydroxylation sites is 1. The zero-order chi connectivity index (χ0) is 15.2. The molecule has 0 fully saturated rings. The first-order valence-electron chi connectivity index (χ1n) is 6.51. The van der Waals surface area contributed by atoms with Crippen LogP contribution in [0.3, 0.4) is 0 Å². The summed E-state index contributed by atoms with van der Waals surface area (Å²) in [5, 5.41) is 12.4. The van der Waals surface area contributed by atoms with Crippen molar-refractivity contribution in [3.05, 3.63) is 59.9 Å². The molecule has 110 valence electrons. The van der Waals surface area contributed by atoms with Gasteiger partial charge in [0.05, 0.1) is 11.9 Å². The summed E-state index contributed by atoms with van der Waals surface area (Å²) in [7, 11) is 0. The Bertz CT molecular complexity index is 614. The van der Waals surface area contributed by atoms with Crippen LogP contribution in [0, 0.1) is 5.82 Å². The number of thioether (sulfide) groups is 1. The van der Waals surface area contributed by atoms with Gasteiger partial charge in [0.15, 0.2) is 0 Å². The van der Waals surface area contributed by atoms with Crippen molar-refractivity contribution in [2.75, 3.05) is 11.1 Å². The van der Waals surface area contributed by atoms with Crippen molar-refractivity contribution < 1.29 is 14.3 Å². The number of carbonyl (C=O) groups excluding carboxylic acids is 1. The van der Waals surface area contributed by atoms with Gasteiger partial charge in [-0.25, -0.2) is 4.39 Å². The van der Waals surface area contributed by atoms with Crippen molar-refractivity contribution in [1.82, 2.24) is 0 Å². The lowest BCUT2D eigenvalue weighted by Crippen LogP contribution is -2.15. The first-order chi connectivity index (χ1) is 10.1. The molecule has 2 rings (SSSR count). The van der Waals surface area contributed by atoms with Crippen LogP contribution in [0.25, 0.3) is 0 Å². The molecule has 0 radical (unpaired) electrons. The molecule has 0 saturated heterocycles. The van der Waals surface area contributed by atoms with Gasteiger partial charge in [-0.05, 0) is 37.3 Å². The molecule has 0 aliphatic carbocycles. The van der Waals surface area contributed by atoms with Crippen molar-refractivity contribution in [3.63, 3.8) is 0 Å². The molecule has 0 aliphatic rings. The monoisotopic (exact) mass is 305 g/mol. The molecule has 0 heterocycles. The summed E-state index contributed by atoms with van der Waals surface area (Å²) in [6.07, 6.45) is -0.647. The molecule has 2 aromatic carbocycles. The molecule has 1 unspecified atom stereocenters. The van der Waals surface area contributed by atoms with E-state index in [2.05, 4.69) is 5.32 Å². The van der Waals surface area contributed by atoms with Gasteiger partial charge in [-0.1, -0.05) is 18.2 Å². The van der Waals surface area contributed by atoms with Gasteiger partial charge in [-0.3, -0.25) is 4.79 Å². The largest absolute Gasteiger partial charge is 0.389 e. The van der Waals surface area contributed by atoms with E-state index in [1.54, 1.807) is 37.3 Å². The van der Waals surface area contributed by atoms with Gasteiger partial charge in [0.2, 0.25) is 5.91 Å². The van der Waals surface area contributed by atoms with Crippen molar-refractivity contribution in [3.8, 4) is 0 Å². The van der Waals surface area contributed by atoms with Gasteiger partial charge in [0.25, 0.3) is 0 Å². The fourth-order valence-corrected chi connectivity index (χ4v) is 2.54. The second-order valence-corrected chi connectivity index (χ2v) is 5.60. The van der Waals surface area contributed by atoms with Crippen LogP contribution >= 0.6 is 11.8 Å². The smallest absolute Gasteiger partial charge is 0.234 e. The Balaban J connectivity index is 1.94. The number of carbonyl (C=O) groups is 1. The minimum atomic E-state index is -0.647. The number of aliphatic hydroxyl groups is 1. The molecule has 3 nitrogen and oxygen atoms in total. The van der Waals surface area contributed by atoms with E-state index >= 15 is 0 Å². The van der Waals surface area contributed by atoms with E-state index in [4.69, 9.17) is 0 Å². The Labute approximate surface area is 127 Å². The number of hydrogen-bond acceptors (Lipinski definition) is 3. The van der Waals surface area contributed by atoms with Crippen LogP contribution in [0.2, 0.25) is 0 Å². The number of hydrogen-bond donors (Lipinski definition) is 2. The number of benzene rings is 2. The highest BCUT2D eigenvalue weighted by molar-refractivity contribution is 8.00. The van der Waals surface area contributed by atoms with E-state index in [-0.39, 0.29) is 17.5 Å². The van der Waals surface area contributed by atoms with Gasteiger partial charge in [-0.15, -0.1) is 11.8 Å². The first-order valence-corrected chi connectivity index (χ1v) is 7.50. The molecule has 1 atom stereocenters. The normalized spacial score (nSPS) is 12.0. The van der Waals surface area contributed by atoms with Gasteiger partial charge in [0, 0.05) is 16.1 Å². The Kier molecular flexibility index (Phi) is 5.36. The quantitative estimate of drug-likeness (QED) is 0.830. The van der Waals surface area contributed by atoms with Crippen LogP contribution in [0.15, 0.2) is 53.4 Å². The lowest BCUT2D eigenvalue weighted by molar-refractivity contribution is -0.113. The summed E-state index contributed by atoms with van der Waals surface area (Å²) in [6, 6.07) is 13.1. The number of aliphatic hydroxyl groups excluding tert-OH is 1. The van der Waals surface area contributed by atoms with Crippen molar-refractivity contribution in [2.24, 2.45) is 0 Å². The SMILES string of the molecule is CC(O)c1ccccc1NC(=O)CSc1ccc(F)cc1. The highest BCUT2D eigenvalue weighted by atomic mass is 32.2. The lowest BCUT2D eigenvalue weighted by atomic mass is 10.1. The average molecular weight is 305 g/mol. The van der Waals surface area contributed by atoms with Gasteiger partial charge in [-0.2, -0.15) is 0 Å². The molecule has 5 heteroatoms. The minimum Gasteiger partial charge on any atom is -0.389 e. The van der Waals surface area contributed by atoms with Crippen molar-refractivity contribution in [2.45, 2.75) is 17.9 Å². The molecule has 21 heavy (non-hydrogen) atoms. The van der Waals surface area contributed by atoms with Crippen molar-refractivity contribution >= 4 is 23.4 Å². The molecule has 0 aromatic heterocycles. The fraction of sp³-hybridized carbons (Fsp3) is 0.188. The predicted molar refractivity (Wildman–Crippen MR) is 82.8 cm³/mol.